The van der Waals surface area contributed by atoms with Crippen LogP contribution < -0.4 is 0 Å². The zero-order valence-electron chi connectivity index (χ0n) is 20.9. The second kappa shape index (κ2) is 8.10. The molecule has 2 aromatic rings. The first kappa shape index (κ1) is 25.8. The summed E-state index contributed by atoms with van der Waals surface area (Å²) in [6.07, 6.45) is 0.378. The number of benzene rings is 2. The number of esters is 1. The predicted octanol–water partition coefficient (Wildman–Crippen LogP) is 5.90. The van der Waals surface area contributed by atoms with Gasteiger partial charge in [-0.3, -0.25) is 9.35 Å². The van der Waals surface area contributed by atoms with E-state index in [2.05, 4.69) is 65.8 Å². The van der Waals surface area contributed by atoms with Crippen LogP contribution in [0.2, 0.25) is 0 Å². The van der Waals surface area contributed by atoms with Gasteiger partial charge in [0, 0.05) is 11.8 Å². The Kier molecular flexibility index (Phi) is 5.96. The molecule has 190 valence electrons. The zero-order chi connectivity index (χ0) is 26.1. The number of ether oxygens (including phenoxy) is 1. The number of rotatable bonds is 4. The van der Waals surface area contributed by atoms with Crippen molar-refractivity contribution >= 4 is 16.1 Å². The van der Waals surface area contributed by atoms with Crippen molar-refractivity contribution in [3.05, 3.63) is 69.8 Å². The van der Waals surface area contributed by atoms with Gasteiger partial charge in [0.2, 0.25) is 0 Å². The highest BCUT2D eigenvalue weighted by Gasteiger charge is 2.50. The zero-order valence-corrected chi connectivity index (χ0v) is 21.7. The quantitative estimate of drug-likeness (QED) is 0.412. The van der Waals surface area contributed by atoms with Gasteiger partial charge in [-0.25, -0.2) is 0 Å². The summed E-state index contributed by atoms with van der Waals surface area (Å²) >= 11 is 0. The fourth-order valence-corrected chi connectivity index (χ4v) is 5.44. The minimum atomic E-state index is -5.69. The first-order chi connectivity index (χ1) is 15.9. The molecule has 3 aliphatic rings. The average Bonchev–Trinajstić information content (AvgIpc) is 2.74. The van der Waals surface area contributed by atoms with Gasteiger partial charge in [-0.15, -0.1) is 0 Å². The first-order valence-corrected chi connectivity index (χ1v) is 13.2. The number of hydrogen-bond donors (Lipinski definition) is 1. The van der Waals surface area contributed by atoms with Crippen molar-refractivity contribution < 1.29 is 31.3 Å². The number of hydrogen-bond acceptors (Lipinski definition) is 4. The van der Waals surface area contributed by atoms with E-state index in [1.807, 2.05) is 12.1 Å². The molecule has 0 saturated heterocycles. The highest BCUT2D eigenvalue weighted by molar-refractivity contribution is 7.86. The SMILES string of the molecule is CC(C)(C)c1ccc2c(c1)C1CC(C(=O)OCC(F)(F)S(=O)(=O)O)C2c2cc(C(C)(C)C)ccc21. The van der Waals surface area contributed by atoms with E-state index in [-0.39, 0.29) is 16.7 Å². The Hall–Kier alpha value is -2.32. The molecule has 3 atom stereocenters. The third kappa shape index (κ3) is 4.51. The monoisotopic (exact) mass is 506 g/mol. The van der Waals surface area contributed by atoms with Gasteiger partial charge in [0.05, 0.1) is 5.92 Å². The van der Waals surface area contributed by atoms with Crippen molar-refractivity contribution in [1.82, 2.24) is 0 Å². The van der Waals surface area contributed by atoms with Gasteiger partial charge < -0.3 is 4.74 Å². The number of halogens is 2. The van der Waals surface area contributed by atoms with E-state index in [4.69, 9.17) is 9.29 Å². The van der Waals surface area contributed by atoms with Gasteiger partial charge in [0.25, 0.3) is 0 Å². The molecule has 2 bridgehead atoms. The second-order valence-corrected chi connectivity index (χ2v) is 13.3. The molecule has 0 radical (unpaired) electrons. The van der Waals surface area contributed by atoms with Crippen molar-refractivity contribution in [1.29, 1.82) is 0 Å². The van der Waals surface area contributed by atoms with E-state index in [0.29, 0.717) is 6.42 Å². The predicted molar refractivity (Wildman–Crippen MR) is 130 cm³/mol. The van der Waals surface area contributed by atoms with Crippen molar-refractivity contribution in [3.8, 4) is 0 Å². The number of fused-ring (bicyclic) bond motifs is 1. The molecular formula is C27H32F2O5S. The molecular weight excluding hydrogens is 474 g/mol. The van der Waals surface area contributed by atoms with Crippen molar-refractivity contribution in [2.24, 2.45) is 5.92 Å². The molecule has 8 heteroatoms. The lowest BCUT2D eigenvalue weighted by molar-refractivity contribution is -0.156. The maximum atomic E-state index is 13.7. The first-order valence-electron chi connectivity index (χ1n) is 11.7. The van der Waals surface area contributed by atoms with Crippen LogP contribution in [0.1, 0.15) is 93.2 Å². The molecule has 35 heavy (non-hydrogen) atoms. The van der Waals surface area contributed by atoms with Gasteiger partial charge in [-0.2, -0.15) is 17.2 Å². The van der Waals surface area contributed by atoms with Crippen LogP contribution in [0.3, 0.4) is 0 Å². The molecule has 5 rings (SSSR count). The highest BCUT2D eigenvalue weighted by atomic mass is 32.2. The van der Waals surface area contributed by atoms with Crippen LogP contribution in [-0.4, -0.2) is 30.8 Å². The summed E-state index contributed by atoms with van der Waals surface area (Å²) in [6, 6.07) is 12.6. The van der Waals surface area contributed by atoms with Crippen LogP contribution in [0.25, 0.3) is 0 Å². The van der Waals surface area contributed by atoms with Gasteiger partial charge in [-0.1, -0.05) is 77.9 Å². The molecule has 2 aromatic carbocycles. The summed E-state index contributed by atoms with van der Waals surface area (Å²) in [4.78, 5) is 13.1. The molecule has 0 heterocycles. The maximum absolute atomic E-state index is 13.7. The summed E-state index contributed by atoms with van der Waals surface area (Å²) < 4.78 is 63.0. The van der Waals surface area contributed by atoms with E-state index >= 15 is 0 Å². The summed E-state index contributed by atoms with van der Waals surface area (Å²) in [5, 5.41) is -4.56. The molecule has 1 N–H and O–H groups in total. The summed E-state index contributed by atoms with van der Waals surface area (Å²) in [5.74, 6) is -2.14. The standard InChI is InChI=1S/C27H32F2O5S/c1-25(2,3)15-8-10-18-19(11-15)20-13-22(24(30)34-14-27(28,29)35(31,32)33)23(18)21-12-16(26(4,5)6)7-9-17(20)21/h7-12,20,22-23H,13-14H2,1-6H3,(H,31,32,33). The minimum absolute atomic E-state index is 0.0651. The molecule has 0 aromatic heterocycles. The van der Waals surface area contributed by atoms with Crippen LogP contribution in [0.15, 0.2) is 36.4 Å². The summed E-state index contributed by atoms with van der Waals surface area (Å²) in [5.41, 5.74) is 6.28. The van der Waals surface area contributed by atoms with Crippen molar-refractivity contribution in [3.63, 3.8) is 0 Å². The van der Waals surface area contributed by atoms with Crippen molar-refractivity contribution in [2.45, 2.75) is 75.9 Å². The molecule has 5 nitrogen and oxygen atoms in total. The van der Waals surface area contributed by atoms with E-state index in [0.717, 1.165) is 27.8 Å². The molecule has 0 spiro atoms. The molecule has 0 saturated carbocycles. The maximum Gasteiger partial charge on any atom is 0.402 e. The lowest BCUT2D eigenvalue weighted by Gasteiger charge is -2.45. The Morgan fingerprint density at radius 2 is 1.43 bits per heavy atom. The van der Waals surface area contributed by atoms with Gasteiger partial charge >= 0.3 is 21.3 Å². The normalized spacial score (nSPS) is 21.9. The Balaban J connectivity index is 1.78. The summed E-state index contributed by atoms with van der Waals surface area (Å²) in [6.45, 7) is 11.0. The lowest BCUT2D eigenvalue weighted by Crippen LogP contribution is -2.40. The van der Waals surface area contributed by atoms with Crippen molar-refractivity contribution in [2.75, 3.05) is 6.61 Å². The Labute approximate surface area is 205 Å². The van der Waals surface area contributed by atoms with E-state index < -0.39 is 39.8 Å². The number of carbonyl (C=O) groups excluding carboxylic acids is 1. The third-order valence-corrected chi connectivity index (χ3v) is 8.15. The molecule has 0 amide bonds. The van der Waals surface area contributed by atoms with Crippen LogP contribution in [0.4, 0.5) is 8.78 Å². The van der Waals surface area contributed by atoms with E-state index in [9.17, 15) is 22.0 Å². The largest absolute Gasteiger partial charge is 0.458 e. The fraction of sp³-hybridized carbons (Fsp3) is 0.519. The molecule has 3 unspecified atom stereocenters. The Bertz CT molecular complexity index is 1290. The second-order valence-electron chi connectivity index (χ2n) is 11.8. The van der Waals surface area contributed by atoms with Gasteiger partial charge in [-0.05, 0) is 50.6 Å². The molecule has 0 fully saturated rings. The minimum Gasteiger partial charge on any atom is -0.458 e. The molecule has 3 aliphatic carbocycles. The third-order valence-electron chi connectivity index (χ3n) is 7.28. The average molecular weight is 507 g/mol. The highest BCUT2D eigenvalue weighted by Crippen LogP contribution is 2.56. The number of alkyl halides is 2. The molecule has 0 aliphatic heterocycles. The van der Waals surface area contributed by atoms with E-state index in [1.165, 1.54) is 5.56 Å². The van der Waals surface area contributed by atoms with E-state index in [1.54, 1.807) is 0 Å². The smallest absolute Gasteiger partial charge is 0.402 e. The van der Waals surface area contributed by atoms with Crippen LogP contribution in [0, 0.1) is 5.92 Å². The fourth-order valence-electron chi connectivity index (χ4n) is 5.24. The summed E-state index contributed by atoms with van der Waals surface area (Å²) in [7, 11) is -5.69. The van der Waals surface area contributed by atoms with Crippen LogP contribution >= 0.6 is 0 Å². The van der Waals surface area contributed by atoms with Crippen LogP contribution in [-0.2, 0) is 30.5 Å². The Morgan fingerprint density at radius 3 is 1.94 bits per heavy atom. The van der Waals surface area contributed by atoms with Crippen LogP contribution in [0.5, 0.6) is 0 Å². The Morgan fingerprint density at radius 1 is 0.914 bits per heavy atom. The number of carbonyl (C=O) groups is 1. The van der Waals surface area contributed by atoms with Gasteiger partial charge in [0.15, 0.2) is 6.61 Å². The van der Waals surface area contributed by atoms with Gasteiger partial charge in [0.1, 0.15) is 0 Å². The topological polar surface area (TPSA) is 80.7 Å². The lowest BCUT2D eigenvalue weighted by atomic mass is 9.58.